The highest BCUT2D eigenvalue weighted by molar-refractivity contribution is 6.32. The number of halogens is 4. The van der Waals surface area contributed by atoms with Gasteiger partial charge in [-0.25, -0.2) is 9.59 Å². The molecule has 0 radical (unpaired) electrons. The van der Waals surface area contributed by atoms with Crippen LogP contribution in [0.3, 0.4) is 0 Å². The fourth-order valence-electron chi connectivity index (χ4n) is 4.24. The molecule has 0 spiro atoms. The second-order valence-electron chi connectivity index (χ2n) is 9.34. The number of imidazole rings is 1. The van der Waals surface area contributed by atoms with Gasteiger partial charge in [0.1, 0.15) is 5.57 Å². The Hall–Kier alpha value is -4.06. The lowest BCUT2D eigenvalue weighted by molar-refractivity contribution is -0.140. The van der Waals surface area contributed by atoms with Crippen molar-refractivity contribution in [3.05, 3.63) is 74.8 Å². The van der Waals surface area contributed by atoms with Crippen molar-refractivity contribution in [1.29, 1.82) is 0 Å². The zero-order valence-electron chi connectivity index (χ0n) is 20.9. The summed E-state index contributed by atoms with van der Waals surface area (Å²) in [7, 11) is 3.14. The van der Waals surface area contributed by atoms with Crippen LogP contribution in [-0.4, -0.2) is 44.5 Å². The van der Waals surface area contributed by atoms with Crippen molar-refractivity contribution >= 4 is 46.6 Å². The molecule has 4 rings (SSSR count). The van der Waals surface area contributed by atoms with Crippen molar-refractivity contribution in [2.75, 3.05) is 11.9 Å². The van der Waals surface area contributed by atoms with Crippen molar-refractivity contribution in [2.24, 2.45) is 13.0 Å². The number of carboxylic acid groups (broad SMARTS) is 1. The molecule has 2 amide bonds. The van der Waals surface area contributed by atoms with Crippen molar-refractivity contribution < 1.29 is 32.7 Å². The predicted molar refractivity (Wildman–Crippen MR) is 137 cm³/mol. The van der Waals surface area contributed by atoms with Gasteiger partial charge in [-0.3, -0.25) is 23.6 Å². The van der Waals surface area contributed by atoms with Crippen molar-refractivity contribution in [2.45, 2.75) is 32.1 Å². The highest BCUT2D eigenvalue weighted by atomic mass is 35.5. The van der Waals surface area contributed by atoms with Gasteiger partial charge < -0.3 is 10.0 Å². The number of nitrogens with zero attached hydrogens (tertiary/aromatic N) is 4. The Morgan fingerprint density at radius 1 is 1.18 bits per heavy atom. The van der Waals surface area contributed by atoms with Crippen LogP contribution in [0.15, 0.2) is 53.0 Å². The number of alkyl halides is 3. The quantitative estimate of drug-likeness (QED) is 0.182. The molecule has 1 aliphatic rings. The number of aromatic nitrogens is 2. The lowest BCUT2D eigenvalue weighted by Crippen LogP contribution is -2.34. The van der Waals surface area contributed by atoms with E-state index in [1.807, 2.05) is 0 Å². The van der Waals surface area contributed by atoms with Gasteiger partial charge in [0.25, 0.3) is 5.91 Å². The Morgan fingerprint density at radius 2 is 1.87 bits per heavy atom. The van der Waals surface area contributed by atoms with Gasteiger partial charge in [-0.15, -0.1) is 0 Å². The summed E-state index contributed by atoms with van der Waals surface area (Å²) in [6.07, 6.45) is -1.66. The van der Waals surface area contributed by atoms with E-state index < -0.39 is 40.8 Å². The highest BCUT2D eigenvalue weighted by Crippen LogP contribution is 2.36. The van der Waals surface area contributed by atoms with Gasteiger partial charge in [0.2, 0.25) is 6.41 Å². The van der Waals surface area contributed by atoms with Gasteiger partial charge in [-0.2, -0.15) is 13.2 Å². The third-order valence-electron chi connectivity index (χ3n) is 6.57. The van der Waals surface area contributed by atoms with Crippen LogP contribution in [0.1, 0.15) is 24.0 Å². The molecule has 1 fully saturated rings. The molecule has 1 aliphatic carbocycles. The smallest absolute Gasteiger partial charge is 0.417 e. The number of anilines is 1. The van der Waals surface area contributed by atoms with Crippen LogP contribution in [0.4, 0.5) is 18.9 Å². The maximum Gasteiger partial charge on any atom is 0.417 e. The highest BCUT2D eigenvalue weighted by Gasteiger charge is 2.34. The molecule has 0 saturated heterocycles. The fraction of sp³-hybridized carbons (Fsp3) is 0.308. The SMILES string of the molecule is CN(/C=C(/C(=O)O)C(=O)N(C=O)Cc1cccc(C(F)(F)F)c1Cl)c1ccc2c(c1)n(CC1CC1)c(=O)n2C. The summed E-state index contributed by atoms with van der Waals surface area (Å²) in [6, 6.07) is 8.07. The van der Waals surface area contributed by atoms with Gasteiger partial charge in [-0.05, 0) is 48.6 Å². The van der Waals surface area contributed by atoms with E-state index in [1.54, 1.807) is 29.8 Å². The van der Waals surface area contributed by atoms with Crippen molar-refractivity contribution in [3.63, 3.8) is 0 Å². The first-order valence-corrected chi connectivity index (χ1v) is 12.2. The van der Waals surface area contributed by atoms with Gasteiger partial charge in [0.05, 0.1) is 28.2 Å². The zero-order chi connectivity index (χ0) is 28.6. The average Bonchev–Trinajstić information content (AvgIpc) is 3.68. The lowest BCUT2D eigenvalue weighted by Gasteiger charge is -2.20. The fourth-order valence-corrected chi connectivity index (χ4v) is 4.53. The largest absolute Gasteiger partial charge is 0.477 e. The van der Waals surface area contributed by atoms with Crippen LogP contribution in [0.5, 0.6) is 0 Å². The molecular formula is C26H24ClF3N4O5. The van der Waals surface area contributed by atoms with Gasteiger partial charge in [0, 0.05) is 32.5 Å². The molecule has 2 aromatic carbocycles. The van der Waals surface area contributed by atoms with Gasteiger partial charge in [-0.1, -0.05) is 23.7 Å². The molecule has 39 heavy (non-hydrogen) atoms. The maximum absolute atomic E-state index is 13.2. The van der Waals surface area contributed by atoms with Gasteiger partial charge >= 0.3 is 17.8 Å². The monoisotopic (exact) mass is 564 g/mol. The second-order valence-corrected chi connectivity index (χ2v) is 9.72. The minimum Gasteiger partial charge on any atom is -0.477 e. The van der Waals surface area contributed by atoms with Crippen LogP contribution in [-0.2, 0) is 40.7 Å². The molecule has 1 aromatic heterocycles. The molecule has 206 valence electrons. The van der Waals surface area contributed by atoms with E-state index in [0.717, 1.165) is 31.2 Å². The Bertz CT molecular complexity index is 1560. The number of aryl methyl sites for hydroxylation is 1. The Balaban J connectivity index is 1.65. The molecule has 1 saturated carbocycles. The Kier molecular flexibility index (Phi) is 7.60. The summed E-state index contributed by atoms with van der Waals surface area (Å²) >= 11 is 5.88. The van der Waals surface area contributed by atoms with E-state index in [-0.39, 0.29) is 17.7 Å². The first-order valence-electron chi connectivity index (χ1n) is 11.8. The first kappa shape index (κ1) is 28.0. The number of fused-ring (bicyclic) bond motifs is 1. The molecule has 0 bridgehead atoms. The minimum atomic E-state index is -4.76. The standard InChI is InChI=1S/C26H24ClF3N4O5/c1-31(17-8-9-20-21(10-17)34(11-15-6-7-15)25(39)32(20)2)13-18(24(37)38)23(36)33(14-35)12-16-4-3-5-19(22(16)27)26(28,29)30/h3-5,8-10,13-15H,6-7,11-12H2,1-2H3,(H,37,38)/b18-13+. The number of benzene rings is 2. The van der Waals surface area contributed by atoms with E-state index in [2.05, 4.69) is 0 Å². The summed E-state index contributed by atoms with van der Waals surface area (Å²) in [5, 5.41) is 9.04. The third-order valence-corrected chi connectivity index (χ3v) is 7.02. The number of carbonyl (C=O) groups is 3. The molecule has 0 atom stereocenters. The number of amides is 2. The summed E-state index contributed by atoms with van der Waals surface area (Å²) in [6.45, 7) is -0.118. The van der Waals surface area contributed by atoms with E-state index in [0.29, 0.717) is 34.1 Å². The first-order chi connectivity index (χ1) is 18.3. The minimum absolute atomic E-state index is 0.0301. The number of hydrogen-bond acceptors (Lipinski definition) is 5. The molecule has 1 heterocycles. The van der Waals surface area contributed by atoms with E-state index in [4.69, 9.17) is 11.6 Å². The zero-order valence-corrected chi connectivity index (χ0v) is 21.7. The molecular weight excluding hydrogens is 541 g/mol. The maximum atomic E-state index is 13.2. The third kappa shape index (κ3) is 5.70. The van der Waals surface area contributed by atoms with E-state index in [1.165, 1.54) is 22.6 Å². The van der Waals surface area contributed by atoms with Gasteiger partial charge in [0.15, 0.2) is 0 Å². The van der Waals surface area contributed by atoms with E-state index in [9.17, 15) is 37.5 Å². The molecule has 0 aliphatic heterocycles. The summed E-state index contributed by atoms with van der Waals surface area (Å²) in [4.78, 5) is 51.2. The van der Waals surface area contributed by atoms with Crippen LogP contribution in [0.2, 0.25) is 5.02 Å². The molecule has 1 N–H and O–H groups in total. The number of hydrogen-bond donors (Lipinski definition) is 1. The topological polar surface area (TPSA) is 105 Å². The van der Waals surface area contributed by atoms with Crippen LogP contribution >= 0.6 is 11.6 Å². The number of aliphatic carboxylic acids is 1. The summed E-state index contributed by atoms with van der Waals surface area (Å²) in [5.74, 6) is -2.48. The number of carbonyl (C=O) groups excluding carboxylic acids is 2. The number of imide groups is 1. The van der Waals surface area contributed by atoms with Crippen molar-refractivity contribution in [3.8, 4) is 0 Å². The molecule has 9 nitrogen and oxygen atoms in total. The average molecular weight is 565 g/mol. The Morgan fingerprint density at radius 3 is 2.46 bits per heavy atom. The normalized spacial score (nSPS) is 13.9. The predicted octanol–water partition coefficient (Wildman–Crippen LogP) is 4.01. The van der Waals surface area contributed by atoms with E-state index >= 15 is 0 Å². The molecule has 13 heteroatoms. The number of carboxylic acids is 1. The van der Waals surface area contributed by atoms with Crippen LogP contribution < -0.4 is 10.6 Å². The van der Waals surface area contributed by atoms with Crippen LogP contribution in [0, 0.1) is 5.92 Å². The molecule has 3 aromatic rings. The lowest BCUT2D eigenvalue weighted by atomic mass is 10.1. The second kappa shape index (κ2) is 10.6. The summed E-state index contributed by atoms with van der Waals surface area (Å²) < 4.78 is 42.8. The summed E-state index contributed by atoms with van der Waals surface area (Å²) in [5.41, 5.74) is -0.536. The Labute approximate surface area is 225 Å². The number of rotatable bonds is 9. The van der Waals surface area contributed by atoms with Crippen molar-refractivity contribution in [1.82, 2.24) is 14.0 Å². The van der Waals surface area contributed by atoms with Crippen LogP contribution in [0.25, 0.3) is 11.0 Å². The molecule has 0 unspecified atom stereocenters.